The molecule has 0 atom stereocenters. The molecular formula is C9H16O. The Morgan fingerprint density at radius 2 is 2.10 bits per heavy atom. The second kappa shape index (κ2) is 3.55. The largest absolute Gasteiger partial charge is 0.300 e. The third-order valence-electron chi connectivity index (χ3n) is 1.60. The molecule has 0 aromatic carbocycles. The third kappa shape index (κ3) is 3.44. The molecule has 0 radical (unpaired) electrons. The minimum atomic E-state index is -0.0207. The first-order chi connectivity index (χ1) is 4.52. The summed E-state index contributed by atoms with van der Waals surface area (Å²) in [5, 5.41) is 0. The van der Waals surface area contributed by atoms with Gasteiger partial charge in [-0.1, -0.05) is 26.8 Å². The van der Waals surface area contributed by atoms with Crippen molar-refractivity contribution >= 4 is 5.78 Å². The molecule has 0 rings (SSSR count). The van der Waals surface area contributed by atoms with Crippen molar-refractivity contribution in [3.63, 3.8) is 0 Å². The van der Waals surface area contributed by atoms with Crippen LogP contribution in [0.4, 0.5) is 0 Å². The maximum absolute atomic E-state index is 10.9. The Morgan fingerprint density at radius 3 is 2.40 bits per heavy atom. The molecule has 0 aliphatic rings. The number of carbonyl (C=O) groups excluding carboxylic acids is 1. The highest BCUT2D eigenvalue weighted by atomic mass is 16.1. The number of hydrogen-bond donors (Lipinski definition) is 0. The first-order valence-corrected chi connectivity index (χ1v) is 3.67. The van der Waals surface area contributed by atoms with Crippen molar-refractivity contribution in [2.75, 3.05) is 0 Å². The summed E-state index contributed by atoms with van der Waals surface area (Å²) in [4.78, 5) is 10.9. The lowest BCUT2D eigenvalue weighted by Crippen LogP contribution is -2.12. The molecule has 0 N–H and O–H groups in total. The van der Waals surface area contributed by atoms with Gasteiger partial charge in [-0.15, -0.1) is 6.58 Å². The summed E-state index contributed by atoms with van der Waals surface area (Å²) in [6.45, 7) is 9.60. The fraction of sp³-hybridized carbons (Fsp3) is 0.667. The molecule has 0 spiro atoms. The van der Waals surface area contributed by atoms with Crippen LogP contribution in [0.15, 0.2) is 12.7 Å². The van der Waals surface area contributed by atoms with Gasteiger partial charge in [0.2, 0.25) is 0 Å². The van der Waals surface area contributed by atoms with Crippen LogP contribution < -0.4 is 0 Å². The molecule has 0 aromatic heterocycles. The van der Waals surface area contributed by atoms with Gasteiger partial charge < -0.3 is 0 Å². The molecule has 1 nitrogen and oxygen atoms in total. The number of allylic oxidation sites excluding steroid dienone is 1. The Balaban J connectivity index is 3.88. The highest BCUT2D eigenvalue weighted by molar-refractivity contribution is 5.78. The Hall–Kier alpha value is -0.590. The van der Waals surface area contributed by atoms with E-state index in [0.717, 1.165) is 0 Å². The van der Waals surface area contributed by atoms with Gasteiger partial charge in [-0.25, -0.2) is 0 Å². The topological polar surface area (TPSA) is 17.1 Å². The van der Waals surface area contributed by atoms with Crippen LogP contribution in [0, 0.1) is 5.41 Å². The molecule has 1 heteroatoms. The zero-order valence-electron chi connectivity index (χ0n) is 7.11. The van der Waals surface area contributed by atoms with E-state index in [0.29, 0.717) is 18.6 Å². The van der Waals surface area contributed by atoms with Crippen molar-refractivity contribution in [3.8, 4) is 0 Å². The van der Waals surface area contributed by atoms with Crippen molar-refractivity contribution in [2.45, 2.75) is 33.6 Å². The van der Waals surface area contributed by atoms with Crippen molar-refractivity contribution < 1.29 is 4.79 Å². The van der Waals surface area contributed by atoms with Gasteiger partial charge in [0, 0.05) is 12.8 Å². The second-order valence-electron chi connectivity index (χ2n) is 3.26. The molecular weight excluding hydrogens is 124 g/mol. The number of hydrogen-bond acceptors (Lipinski definition) is 1. The molecule has 0 fully saturated rings. The predicted molar refractivity (Wildman–Crippen MR) is 43.9 cm³/mol. The standard InChI is InChI=1S/C9H16O/c1-5-8(10)7-9(3,4)6-2/h6H,2,5,7H2,1,3-4H3. The summed E-state index contributed by atoms with van der Waals surface area (Å²) in [5.41, 5.74) is -0.0207. The molecule has 0 amide bonds. The number of ketones is 1. The van der Waals surface area contributed by atoms with Gasteiger partial charge in [-0.3, -0.25) is 4.79 Å². The van der Waals surface area contributed by atoms with Gasteiger partial charge in [-0.05, 0) is 5.41 Å². The van der Waals surface area contributed by atoms with E-state index in [-0.39, 0.29) is 5.41 Å². The smallest absolute Gasteiger partial charge is 0.133 e. The predicted octanol–water partition coefficient (Wildman–Crippen LogP) is 2.57. The number of rotatable bonds is 4. The van der Waals surface area contributed by atoms with E-state index >= 15 is 0 Å². The monoisotopic (exact) mass is 140 g/mol. The van der Waals surface area contributed by atoms with Gasteiger partial charge >= 0.3 is 0 Å². The molecule has 10 heavy (non-hydrogen) atoms. The Bertz CT molecular complexity index is 134. The zero-order chi connectivity index (χ0) is 8.20. The van der Waals surface area contributed by atoms with Gasteiger partial charge in [0.1, 0.15) is 5.78 Å². The molecule has 0 aromatic rings. The number of carbonyl (C=O) groups is 1. The summed E-state index contributed by atoms with van der Waals surface area (Å²) in [6, 6.07) is 0. The van der Waals surface area contributed by atoms with Crippen LogP contribution in [0.1, 0.15) is 33.6 Å². The van der Waals surface area contributed by atoms with E-state index in [1.165, 1.54) is 0 Å². The van der Waals surface area contributed by atoms with Crippen LogP contribution in [0.5, 0.6) is 0 Å². The molecule has 0 saturated carbocycles. The Labute approximate surface area is 63.1 Å². The lowest BCUT2D eigenvalue weighted by atomic mass is 9.87. The summed E-state index contributed by atoms with van der Waals surface area (Å²) < 4.78 is 0. The quantitative estimate of drug-likeness (QED) is 0.548. The van der Waals surface area contributed by atoms with Gasteiger partial charge in [0.05, 0.1) is 0 Å². The van der Waals surface area contributed by atoms with E-state index in [1.54, 1.807) is 0 Å². The first-order valence-electron chi connectivity index (χ1n) is 3.67. The van der Waals surface area contributed by atoms with Gasteiger partial charge in [-0.2, -0.15) is 0 Å². The molecule has 0 aliphatic carbocycles. The maximum atomic E-state index is 10.9. The molecule has 0 aliphatic heterocycles. The van der Waals surface area contributed by atoms with E-state index in [2.05, 4.69) is 6.58 Å². The van der Waals surface area contributed by atoms with Crippen molar-refractivity contribution in [2.24, 2.45) is 5.41 Å². The fourth-order valence-corrected chi connectivity index (χ4v) is 0.705. The lowest BCUT2D eigenvalue weighted by Gasteiger charge is -2.17. The Kier molecular flexibility index (Phi) is 3.34. The van der Waals surface area contributed by atoms with Crippen LogP contribution in [-0.2, 0) is 4.79 Å². The SMILES string of the molecule is C=CC(C)(C)CC(=O)CC. The molecule has 0 heterocycles. The zero-order valence-corrected chi connectivity index (χ0v) is 7.11. The first kappa shape index (κ1) is 9.41. The molecule has 58 valence electrons. The molecule has 0 saturated heterocycles. The van der Waals surface area contributed by atoms with Crippen molar-refractivity contribution in [1.29, 1.82) is 0 Å². The van der Waals surface area contributed by atoms with E-state index in [9.17, 15) is 4.79 Å². The summed E-state index contributed by atoms with van der Waals surface area (Å²) >= 11 is 0. The van der Waals surface area contributed by atoms with Gasteiger partial charge in [0.15, 0.2) is 0 Å². The van der Waals surface area contributed by atoms with Crippen LogP contribution in [0.3, 0.4) is 0 Å². The summed E-state index contributed by atoms with van der Waals surface area (Å²) in [6.07, 6.45) is 3.09. The van der Waals surface area contributed by atoms with Crippen LogP contribution >= 0.6 is 0 Å². The minimum absolute atomic E-state index is 0.0207. The fourth-order valence-electron chi connectivity index (χ4n) is 0.705. The summed E-state index contributed by atoms with van der Waals surface area (Å²) in [5.74, 6) is 0.310. The second-order valence-corrected chi connectivity index (χ2v) is 3.26. The highest BCUT2D eigenvalue weighted by Gasteiger charge is 2.15. The lowest BCUT2D eigenvalue weighted by molar-refractivity contribution is -0.120. The van der Waals surface area contributed by atoms with E-state index in [1.807, 2.05) is 26.8 Å². The van der Waals surface area contributed by atoms with Crippen LogP contribution in [0.25, 0.3) is 0 Å². The highest BCUT2D eigenvalue weighted by Crippen LogP contribution is 2.21. The average Bonchev–Trinajstić information content (AvgIpc) is 1.87. The Morgan fingerprint density at radius 1 is 1.60 bits per heavy atom. The molecule has 0 bridgehead atoms. The minimum Gasteiger partial charge on any atom is -0.300 e. The van der Waals surface area contributed by atoms with E-state index < -0.39 is 0 Å². The van der Waals surface area contributed by atoms with Crippen molar-refractivity contribution in [1.82, 2.24) is 0 Å². The maximum Gasteiger partial charge on any atom is 0.133 e. The van der Waals surface area contributed by atoms with Crippen molar-refractivity contribution in [3.05, 3.63) is 12.7 Å². The third-order valence-corrected chi connectivity index (χ3v) is 1.60. The normalized spacial score (nSPS) is 11.1. The van der Waals surface area contributed by atoms with Crippen LogP contribution in [0.2, 0.25) is 0 Å². The summed E-state index contributed by atoms with van der Waals surface area (Å²) in [7, 11) is 0. The number of Topliss-reactive ketones (excluding diaryl/α,β-unsaturated/α-hetero) is 1. The molecule has 0 unspecified atom stereocenters. The van der Waals surface area contributed by atoms with E-state index in [4.69, 9.17) is 0 Å². The van der Waals surface area contributed by atoms with Gasteiger partial charge in [0.25, 0.3) is 0 Å². The van der Waals surface area contributed by atoms with Crippen LogP contribution in [-0.4, -0.2) is 5.78 Å². The average molecular weight is 140 g/mol.